The monoisotopic (exact) mass is 1840 g/mol. The Morgan fingerprint density at radius 2 is 0.341 bits per heavy atom. The summed E-state index contributed by atoms with van der Waals surface area (Å²) in [6.45, 7) is -0.701. The smallest absolute Gasteiger partial charge is 0.340 e. The molecule has 1 saturated heterocycles. The first-order chi connectivity index (χ1) is 68.0. The number of esters is 4. The predicted octanol–water partition coefficient (Wildman–Crippen LogP) is 23.8. The van der Waals surface area contributed by atoms with Crippen molar-refractivity contribution >= 4 is 23.9 Å². The van der Waals surface area contributed by atoms with E-state index in [0.717, 1.165) is 66.8 Å². The molecule has 1 aliphatic rings. The van der Waals surface area contributed by atoms with Crippen molar-refractivity contribution in [2.24, 2.45) is 0 Å². The van der Waals surface area contributed by atoms with Gasteiger partial charge in [0.2, 0.25) is 35.4 Å². The fourth-order valence-corrected chi connectivity index (χ4v) is 15.0. The van der Waals surface area contributed by atoms with E-state index in [-0.39, 0.29) is 171 Å². The summed E-state index contributed by atoms with van der Waals surface area (Å²) in [5, 5.41) is 0. The van der Waals surface area contributed by atoms with E-state index in [1.165, 1.54) is 48.5 Å². The highest BCUT2D eigenvalue weighted by Gasteiger charge is 2.51. The summed E-state index contributed by atoms with van der Waals surface area (Å²) in [6, 6.07) is 125. The van der Waals surface area contributed by atoms with Gasteiger partial charge < -0.3 is 80.5 Å². The molecule has 21 heteroatoms. The molecule has 0 bridgehead atoms. The van der Waals surface area contributed by atoms with Crippen LogP contribution in [0.5, 0.6) is 69.0 Å². The Morgan fingerprint density at radius 1 is 0.188 bits per heavy atom. The first-order valence-electron chi connectivity index (χ1n) is 45.2. The fraction of sp³-hybridized carbons (Fsp3) is 0.145. The van der Waals surface area contributed by atoms with Gasteiger partial charge in [0.1, 0.15) is 79.3 Å². The van der Waals surface area contributed by atoms with Crippen molar-refractivity contribution in [2.75, 3.05) is 6.61 Å². The molecule has 0 amide bonds. The van der Waals surface area contributed by atoms with E-state index >= 15 is 19.2 Å². The van der Waals surface area contributed by atoms with E-state index in [9.17, 15) is 0 Å². The predicted molar refractivity (Wildman–Crippen MR) is 518 cm³/mol. The zero-order valence-corrected chi connectivity index (χ0v) is 75.3. The van der Waals surface area contributed by atoms with Crippen LogP contribution in [0.25, 0.3) is 0 Å². The lowest BCUT2D eigenvalue weighted by Gasteiger charge is -2.40. The van der Waals surface area contributed by atoms with Crippen molar-refractivity contribution < 1.29 is 99.7 Å². The van der Waals surface area contributed by atoms with E-state index in [0.29, 0.717) is 0 Å². The maximum atomic E-state index is 16.6. The molecule has 0 spiro atoms. The molecule has 1 heterocycles. The second kappa shape index (κ2) is 47.5. The zero-order valence-electron chi connectivity index (χ0n) is 75.3. The lowest BCUT2D eigenvalue weighted by molar-refractivity contribution is -0.250. The highest BCUT2D eigenvalue weighted by molar-refractivity contribution is 5.94. The highest BCUT2D eigenvalue weighted by Crippen LogP contribution is 2.47. The van der Waals surface area contributed by atoms with Crippen molar-refractivity contribution in [1.29, 1.82) is 0 Å². The molecule has 4 atom stereocenters. The molecule has 16 aromatic rings. The Kier molecular flexibility index (Phi) is 32.0. The van der Waals surface area contributed by atoms with Gasteiger partial charge in [-0.3, -0.25) is 0 Å². The molecule has 0 aromatic heterocycles. The molecule has 0 unspecified atom stereocenters. The van der Waals surface area contributed by atoms with Gasteiger partial charge in [-0.05, 0) is 115 Å². The first kappa shape index (κ1) is 92.8. The van der Waals surface area contributed by atoms with Gasteiger partial charge in [0.05, 0.1) is 28.9 Å². The van der Waals surface area contributed by atoms with Gasteiger partial charge in [0.15, 0.2) is 58.2 Å². The normalized spacial score (nSPS) is 13.6. The van der Waals surface area contributed by atoms with E-state index in [1.54, 1.807) is 0 Å². The van der Waals surface area contributed by atoms with Crippen molar-refractivity contribution in [3.8, 4) is 69.0 Å². The summed E-state index contributed by atoms with van der Waals surface area (Å²) in [4.78, 5) is 65.6. The molecule has 1 aliphatic heterocycles. The van der Waals surface area contributed by atoms with Gasteiger partial charge >= 0.3 is 23.9 Å². The third-order valence-electron chi connectivity index (χ3n) is 22.2. The van der Waals surface area contributed by atoms with Crippen molar-refractivity contribution in [3.05, 3.63) is 502 Å². The third kappa shape index (κ3) is 26.1. The van der Waals surface area contributed by atoms with E-state index in [2.05, 4.69) is 0 Å². The molecular formula is C117H98O21. The van der Waals surface area contributed by atoms with Crippen LogP contribution in [0.3, 0.4) is 0 Å². The van der Waals surface area contributed by atoms with Gasteiger partial charge in [0.25, 0.3) is 0 Å². The quantitative estimate of drug-likeness (QED) is 0.0255. The lowest BCUT2D eigenvalue weighted by Crippen LogP contribution is -2.58. The highest BCUT2D eigenvalue weighted by atomic mass is 16.7. The van der Waals surface area contributed by atoms with Gasteiger partial charge in [0, 0.05) is 0 Å². The molecule has 0 radical (unpaired) electrons. The average Bonchev–Trinajstić information content (AvgIpc) is 0.775. The van der Waals surface area contributed by atoms with Crippen LogP contribution >= 0.6 is 0 Å². The summed E-state index contributed by atoms with van der Waals surface area (Å²) in [7, 11) is 0. The summed E-state index contributed by atoms with van der Waals surface area (Å²) >= 11 is 0. The first-order valence-corrected chi connectivity index (χ1v) is 45.2. The van der Waals surface area contributed by atoms with Crippen LogP contribution in [-0.2, 0) is 103 Å². The number of hydrogen-bond donors (Lipinski definition) is 0. The number of carbonyl (C=O) groups is 4. The molecule has 0 N–H and O–H groups in total. The van der Waals surface area contributed by atoms with Crippen LogP contribution in [0, 0.1) is 0 Å². The van der Waals surface area contributed by atoms with Crippen LogP contribution in [-0.4, -0.2) is 55.1 Å². The van der Waals surface area contributed by atoms with Crippen LogP contribution in [0.2, 0.25) is 0 Å². The van der Waals surface area contributed by atoms with Crippen LogP contribution in [0.15, 0.2) is 413 Å². The topological polar surface area (TPSA) is 225 Å². The Labute approximate surface area is 800 Å². The number of ether oxygens (including phenoxy) is 17. The number of benzene rings is 16. The summed E-state index contributed by atoms with van der Waals surface area (Å²) in [5.41, 5.74) is 8.64. The minimum Gasteiger partial charge on any atom is -0.485 e. The van der Waals surface area contributed by atoms with E-state index in [1.807, 2.05) is 364 Å². The summed E-state index contributed by atoms with van der Waals surface area (Å²) in [5.74, 6) is -3.44. The summed E-state index contributed by atoms with van der Waals surface area (Å²) in [6.07, 6.45) is -8.11. The van der Waals surface area contributed by atoms with Crippen molar-refractivity contribution in [3.63, 3.8) is 0 Å². The van der Waals surface area contributed by atoms with Gasteiger partial charge in [-0.15, -0.1) is 0 Å². The molecule has 16 aromatic carbocycles. The van der Waals surface area contributed by atoms with Crippen molar-refractivity contribution in [2.45, 2.75) is 104 Å². The molecule has 21 nitrogen and oxygen atoms in total. The zero-order chi connectivity index (χ0) is 94.1. The van der Waals surface area contributed by atoms with E-state index in [4.69, 9.17) is 80.5 Å². The second-order valence-electron chi connectivity index (χ2n) is 32.3. The number of rotatable bonds is 44. The van der Waals surface area contributed by atoms with Gasteiger partial charge in [-0.1, -0.05) is 364 Å². The van der Waals surface area contributed by atoms with Crippen LogP contribution in [0.1, 0.15) is 108 Å². The van der Waals surface area contributed by atoms with Gasteiger partial charge in [-0.2, -0.15) is 0 Å². The largest absolute Gasteiger partial charge is 0.485 e. The molecule has 692 valence electrons. The minimum atomic E-state index is -2.15. The Bertz CT molecular complexity index is 5940. The molecule has 0 saturated carbocycles. The maximum Gasteiger partial charge on any atom is 0.340 e. The molecule has 1 fully saturated rings. The van der Waals surface area contributed by atoms with Crippen LogP contribution < -0.4 is 56.8 Å². The number of carbonyl (C=O) groups excluding carboxylic acids is 4. The SMILES string of the molecule is O=C(O[C@H]1OC[C@@H](OC(=O)c2cc(OCc3ccccc3)c(OCc3ccccc3)c(OCc3ccccc3)c2)[C@@H](OC(=O)c2cc(OCc3ccccc3)c(OCc3ccccc3)c(OCc3ccccc3)c2)[C@H]1OC(=O)c1cc(OCc2ccccc2)c(OCc2ccccc2)c(OCc2ccccc2)c1)c1cc(OCc2ccccc2)c(OCc2ccccc2)c(OCc2ccccc2)c1. The second-order valence-corrected chi connectivity index (χ2v) is 32.3. The Hall–Kier alpha value is -17.0. The minimum absolute atomic E-state index is 0.0000821. The Morgan fingerprint density at radius 3 is 0.522 bits per heavy atom. The third-order valence-corrected chi connectivity index (χ3v) is 22.2. The number of hydrogen-bond acceptors (Lipinski definition) is 21. The molecule has 17 rings (SSSR count). The van der Waals surface area contributed by atoms with Gasteiger partial charge in [-0.25, -0.2) is 19.2 Å². The lowest BCUT2D eigenvalue weighted by atomic mass is 10.0. The fourth-order valence-electron chi connectivity index (χ4n) is 15.0. The average molecular weight is 1840 g/mol. The molecular weight excluding hydrogens is 1740 g/mol. The van der Waals surface area contributed by atoms with Crippen LogP contribution in [0.4, 0.5) is 0 Å². The van der Waals surface area contributed by atoms with E-state index < -0.39 is 55.1 Å². The molecule has 138 heavy (non-hydrogen) atoms. The molecule has 0 aliphatic carbocycles. The maximum absolute atomic E-state index is 16.6. The van der Waals surface area contributed by atoms with Crippen molar-refractivity contribution in [1.82, 2.24) is 0 Å². The Balaban J connectivity index is 0.827. The summed E-state index contributed by atoms with van der Waals surface area (Å²) < 4.78 is 115. The standard InChI is InChI=1S/C117H98O21/c118-113(94-61-98(122-69-82-37-13-1-14-38-82)107(130-77-90-53-29-9-30-54-90)99(62-94)123-70-83-39-15-2-16-40-83)135-106-81-134-117(138-116(121)97-67-104(128-75-88-49-25-7-26-50-88)110(133-80-93-59-35-12-36-60-93)105(68-97)129-76-89-51-27-8-28-52-89)112(137-115(120)96-65-102(126-73-86-45-21-5-22-46-86)109(132-79-92-57-33-11-34-58-92)103(66-96)127-74-87-47-23-6-24-48-87)111(106)136-114(119)95-63-100(124-71-84-41-17-3-18-42-84)108(131-78-91-55-31-10-32-56-91)101(64-95)125-72-85-43-19-4-20-44-85/h1-68,106,111-112,117H,69-81H2/t106-,111-,112-,117-/m1/s1.